The molecule has 0 saturated heterocycles. The standard InChI is InChI=1S/C20H24O/c1-15(16-8-4-2-5-9-16)19-13-12-18(14-20(19)21)17-10-6-3-7-11-17/h2,4-5,8-9,12-15,17,21H,3,6-7,10-11H2,1H3. The zero-order valence-corrected chi connectivity index (χ0v) is 12.8. The first-order valence-electron chi connectivity index (χ1n) is 8.13. The molecule has 1 atom stereocenters. The van der Waals surface area contributed by atoms with Crippen molar-refractivity contribution in [3.05, 3.63) is 65.2 Å². The molecule has 1 heteroatoms. The molecule has 0 bridgehead atoms. The number of phenolic OH excluding ortho intramolecular Hbond substituents is 1. The molecule has 110 valence electrons. The van der Waals surface area contributed by atoms with E-state index in [9.17, 15) is 5.11 Å². The van der Waals surface area contributed by atoms with E-state index >= 15 is 0 Å². The monoisotopic (exact) mass is 280 g/mol. The summed E-state index contributed by atoms with van der Waals surface area (Å²) in [7, 11) is 0. The quantitative estimate of drug-likeness (QED) is 0.776. The summed E-state index contributed by atoms with van der Waals surface area (Å²) >= 11 is 0. The highest BCUT2D eigenvalue weighted by Gasteiger charge is 2.18. The molecule has 1 saturated carbocycles. The molecule has 2 aromatic rings. The Morgan fingerprint density at radius 1 is 0.952 bits per heavy atom. The van der Waals surface area contributed by atoms with Crippen molar-refractivity contribution in [1.29, 1.82) is 0 Å². The van der Waals surface area contributed by atoms with Crippen molar-refractivity contribution in [1.82, 2.24) is 0 Å². The first-order chi connectivity index (χ1) is 10.3. The highest BCUT2D eigenvalue weighted by Crippen LogP contribution is 2.37. The minimum absolute atomic E-state index is 0.228. The molecule has 0 aromatic heterocycles. The second-order valence-corrected chi connectivity index (χ2v) is 6.29. The fourth-order valence-electron chi connectivity index (χ4n) is 3.54. The number of rotatable bonds is 3. The minimum atomic E-state index is 0.228. The topological polar surface area (TPSA) is 20.2 Å². The lowest BCUT2D eigenvalue weighted by molar-refractivity contribution is 0.436. The summed E-state index contributed by atoms with van der Waals surface area (Å²) in [4.78, 5) is 0. The second-order valence-electron chi connectivity index (χ2n) is 6.29. The van der Waals surface area contributed by atoms with Gasteiger partial charge in [-0.1, -0.05) is 68.7 Å². The molecule has 1 nitrogen and oxygen atoms in total. The van der Waals surface area contributed by atoms with Gasteiger partial charge in [-0.3, -0.25) is 0 Å². The third-order valence-corrected chi connectivity index (χ3v) is 4.90. The highest BCUT2D eigenvalue weighted by atomic mass is 16.3. The smallest absolute Gasteiger partial charge is 0.119 e. The molecule has 1 N–H and O–H groups in total. The fourth-order valence-corrected chi connectivity index (χ4v) is 3.54. The van der Waals surface area contributed by atoms with E-state index in [-0.39, 0.29) is 5.92 Å². The maximum atomic E-state index is 10.5. The molecule has 1 aliphatic rings. The zero-order valence-electron chi connectivity index (χ0n) is 12.8. The lowest BCUT2D eigenvalue weighted by Crippen LogP contribution is -2.05. The summed E-state index contributed by atoms with van der Waals surface area (Å²) in [5.74, 6) is 1.33. The van der Waals surface area contributed by atoms with Crippen LogP contribution in [0, 0.1) is 0 Å². The SMILES string of the molecule is CC(c1ccccc1)c1ccc(C2CCCCC2)cc1O. The molecule has 2 aromatic carbocycles. The van der Waals surface area contributed by atoms with E-state index in [4.69, 9.17) is 0 Å². The lowest BCUT2D eigenvalue weighted by atomic mass is 9.82. The number of phenols is 1. The van der Waals surface area contributed by atoms with Crippen LogP contribution < -0.4 is 0 Å². The predicted molar refractivity (Wildman–Crippen MR) is 87.9 cm³/mol. The van der Waals surface area contributed by atoms with Gasteiger partial charge in [0.1, 0.15) is 5.75 Å². The van der Waals surface area contributed by atoms with Crippen molar-refractivity contribution in [2.45, 2.75) is 50.9 Å². The van der Waals surface area contributed by atoms with Crippen molar-refractivity contribution >= 4 is 0 Å². The first kappa shape index (κ1) is 14.2. The maximum absolute atomic E-state index is 10.5. The molecule has 0 radical (unpaired) electrons. The highest BCUT2D eigenvalue weighted by molar-refractivity contribution is 5.44. The van der Waals surface area contributed by atoms with Crippen LogP contribution in [0.5, 0.6) is 5.75 Å². The summed E-state index contributed by atoms with van der Waals surface area (Å²) in [6.07, 6.45) is 6.56. The van der Waals surface area contributed by atoms with Gasteiger partial charge in [0.15, 0.2) is 0 Å². The van der Waals surface area contributed by atoms with Crippen LogP contribution in [0.2, 0.25) is 0 Å². The summed E-state index contributed by atoms with van der Waals surface area (Å²) in [6, 6.07) is 16.7. The first-order valence-corrected chi connectivity index (χ1v) is 8.13. The van der Waals surface area contributed by atoms with E-state index in [1.165, 1.54) is 43.2 Å². The van der Waals surface area contributed by atoms with E-state index in [0.29, 0.717) is 11.7 Å². The van der Waals surface area contributed by atoms with E-state index in [2.05, 4.69) is 43.3 Å². The Balaban J connectivity index is 1.84. The third kappa shape index (κ3) is 3.12. The Morgan fingerprint density at radius 2 is 1.67 bits per heavy atom. The van der Waals surface area contributed by atoms with E-state index in [1.807, 2.05) is 12.1 Å². The molecular formula is C20H24O. The van der Waals surface area contributed by atoms with E-state index in [0.717, 1.165) is 5.56 Å². The van der Waals surface area contributed by atoms with Crippen molar-refractivity contribution in [2.75, 3.05) is 0 Å². The molecule has 0 amide bonds. The summed E-state index contributed by atoms with van der Waals surface area (Å²) < 4.78 is 0. The van der Waals surface area contributed by atoms with Crippen molar-refractivity contribution in [2.24, 2.45) is 0 Å². The van der Waals surface area contributed by atoms with Crippen molar-refractivity contribution < 1.29 is 5.11 Å². The Kier molecular flexibility index (Phi) is 4.28. The van der Waals surface area contributed by atoms with Crippen LogP contribution in [-0.2, 0) is 0 Å². The van der Waals surface area contributed by atoms with Crippen molar-refractivity contribution in [3.63, 3.8) is 0 Å². The molecule has 3 rings (SSSR count). The summed E-state index contributed by atoms with van der Waals surface area (Å²) in [6.45, 7) is 2.16. The lowest BCUT2D eigenvalue weighted by Gasteiger charge is -2.23. The van der Waals surface area contributed by atoms with Crippen LogP contribution in [-0.4, -0.2) is 5.11 Å². The summed E-state index contributed by atoms with van der Waals surface area (Å²) in [5.41, 5.74) is 3.59. The van der Waals surface area contributed by atoms with Crippen LogP contribution in [0.1, 0.15) is 67.6 Å². The van der Waals surface area contributed by atoms with E-state index < -0.39 is 0 Å². The van der Waals surface area contributed by atoms with Crippen LogP contribution in [0.3, 0.4) is 0 Å². The van der Waals surface area contributed by atoms with E-state index in [1.54, 1.807) is 0 Å². The largest absolute Gasteiger partial charge is 0.508 e. The molecule has 1 fully saturated rings. The van der Waals surface area contributed by atoms with Crippen LogP contribution in [0.15, 0.2) is 48.5 Å². The number of aromatic hydroxyl groups is 1. The molecule has 0 heterocycles. The average molecular weight is 280 g/mol. The molecule has 0 aliphatic heterocycles. The minimum Gasteiger partial charge on any atom is -0.508 e. The number of hydrogen-bond acceptors (Lipinski definition) is 1. The fraction of sp³-hybridized carbons (Fsp3) is 0.400. The zero-order chi connectivity index (χ0) is 14.7. The molecule has 21 heavy (non-hydrogen) atoms. The average Bonchev–Trinajstić information content (AvgIpc) is 2.56. The van der Waals surface area contributed by atoms with Gasteiger partial charge in [0.2, 0.25) is 0 Å². The van der Waals surface area contributed by atoms with Gasteiger partial charge in [-0.15, -0.1) is 0 Å². The molecule has 0 spiro atoms. The number of benzene rings is 2. The Labute approximate surface area is 127 Å². The van der Waals surface area contributed by atoms with Crippen LogP contribution >= 0.6 is 0 Å². The Bertz CT molecular complexity index is 582. The second kappa shape index (κ2) is 6.34. The molecular weight excluding hydrogens is 256 g/mol. The maximum Gasteiger partial charge on any atom is 0.119 e. The van der Waals surface area contributed by atoms with Gasteiger partial charge >= 0.3 is 0 Å². The van der Waals surface area contributed by atoms with Gasteiger partial charge in [-0.25, -0.2) is 0 Å². The van der Waals surface area contributed by atoms with Gasteiger partial charge in [0.05, 0.1) is 0 Å². The predicted octanol–water partition coefficient (Wildman–Crippen LogP) is 5.59. The Morgan fingerprint density at radius 3 is 2.33 bits per heavy atom. The van der Waals surface area contributed by atoms with Gasteiger partial charge in [-0.05, 0) is 36.0 Å². The van der Waals surface area contributed by atoms with Crippen LogP contribution in [0.4, 0.5) is 0 Å². The molecule has 1 aliphatic carbocycles. The van der Waals surface area contributed by atoms with Gasteiger partial charge in [-0.2, -0.15) is 0 Å². The van der Waals surface area contributed by atoms with Crippen molar-refractivity contribution in [3.8, 4) is 5.75 Å². The molecule has 1 unspecified atom stereocenters. The third-order valence-electron chi connectivity index (χ3n) is 4.90. The normalized spacial score (nSPS) is 17.6. The number of hydrogen-bond donors (Lipinski definition) is 1. The van der Waals surface area contributed by atoms with Crippen LogP contribution in [0.25, 0.3) is 0 Å². The van der Waals surface area contributed by atoms with Gasteiger partial charge in [0.25, 0.3) is 0 Å². The van der Waals surface area contributed by atoms with Gasteiger partial charge in [0, 0.05) is 11.5 Å². The van der Waals surface area contributed by atoms with Gasteiger partial charge < -0.3 is 5.11 Å². The Hall–Kier alpha value is -1.76. The summed E-state index contributed by atoms with van der Waals surface area (Å²) in [5, 5.41) is 10.5.